The zero-order chi connectivity index (χ0) is 23.5. The van der Waals surface area contributed by atoms with E-state index in [0.717, 1.165) is 10.9 Å². The molecular weight excluding hydrogens is 429 g/mol. The summed E-state index contributed by atoms with van der Waals surface area (Å²) in [6, 6.07) is 8.88. The maximum Gasteiger partial charge on any atom is 0.290 e. The quantitative estimate of drug-likeness (QED) is 0.520. The molecule has 0 bridgehead atoms. The van der Waals surface area contributed by atoms with Gasteiger partial charge in [0.1, 0.15) is 5.58 Å². The van der Waals surface area contributed by atoms with Crippen LogP contribution in [-0.4, -0.2) is 52.8 Å². The molecule has 4 atom stereocenters. The lowest BCUT2D eigenvalue weighted by molar-refractivity contribution is -0.122. The Balaban J connectivity index is 0.000000821. The molecule has 8 nitrogen and oxygen atoms in total. The number of fused-ring (bicyclic) bond motifs is 2. The Hall–Kier alpha value is -3.46. The minimum absolute atomic E-state index is 0.250. The molecule has 1 aliphatic carbocycles. The van der Waals surface area contributed by atoms with Gasteiger partial charge in [0, 0.05) is 30.2 Å². The highest BCUT2D eigenvalue weighted by Crippen LogP contribution is 2.39. The largest absolute Gasteiger partial charge is 0.483 e. The molecule has 1 aromatic carbocycles. The van der Waals surface area contributed by atoms with Crippen molar-refractivity contribution >= 4 is 29.0 Å². The van der Waals surface area contributed by atoms with Crippen molar-refractivity contribution in [2.45, 2.75) is 31.9 Å². The number of carboxylic acid groups (broad SMARTS) is 1. The van der Waals surface area contributed by atoms with E-state index in [1.807, 2.05) is 36.1 Å². The van der Waals surface area contributed by atoms with Gasteiger partial charge in [-0.3, -0.25) is 14.6 Å². The van der Waals surface area contributed by atoms with E-state index in [-0.39, 0.29) is 41.8 Å². The third-order valence-electron chi connectivity index (χ3n) is 6.60. The lowest BCUT2D eigenvalue weighted by atomic mass is 9.77. The number of furan rings is 1. The standard InChI is InChI=1S/C23H24FN3O3.CH2O2/c1-13-16-4-2-3-5-21(16)30-22(13)23(29)26-18-8-14-11-27(12-15(14)9-20(18)28)19-6-7-25-10-17(19)24;2-1-3/h2-7,10,14-15,18,20,28H,8-9,11-12H2,1H3,(H,26,29);1H,(H,2,3)/t14-,15+,18-,20-;/m0./s1. The number of para-hydroxylation sites is 1. The molecule has 0 radical (unpaired) electrons. The maximum atomic E-state index is 14.1. The molecule has 1 amide bonds. The van der Waals surface area contributed by atoms with Crippen LogP contribution in [0.25, 0.3) is 11.0 Å². The van der Waals surface area contributed by atoms with Crippen molar-refractivity contribution in [3.8, 4) is 0 Å². The van der Waals surface area contributed by atoms with E-state index >= 15 is 0 Å². The molecule has 174 valence electrons. The number of nitrogens with one attached hydrogen (secondary N) is 1. The van der Waals surface area contributed by atoms with Crippen molar-refractivity contribution in [1.82, 2.24) is 10.3 Å². The number of pyridine rings is 1. The highest BCUT2D eigenvalue weighted by Gasteiger charge is 2.43. The number of aryl methyl sites for hydroxylation is 1. The molecule has 1 aliphatic heterocycles. The maximum absolute atomic E-state index is 14.1. The molecular formula is C24H26FN3O5. The summed E-state index contributed by atoms with van der Waals surface area (Å²) in [7, 11) is 0. The zero-order valence-corrected chi connectivity index (χ0v) is 18.1. The van der Waals surface area contributed by atoms with Gasteiger partial charge in [-0.15, -0.1) is 0 Å². The van der Waals surface area contributed by atoms with Gasteiger partial charge in [0.15, 0.2) is 11.6 Å². The fraction of sp³-hybridized carbons (Fsp3) is 0.375. The number of benzene rings is 1. The molecule has 3 aromatic rings. The second kappa shape index (κ2) is 9.58. The molecule has 2 aromatic heterocycles. The van der Waals surface area contributed by atoms with E-state index in [1.54, 1.807) is 12.3 Å². The van der Waals surface area contributed by atoms with Gasteiger partial charge < -0.3 is 24.8 Å². The van der Waals surface area contributed by atoms with Crippen LogP contribution in [0.1, 0.15) is 29.0 Å². The Bertz CT molecular complexity index is 1150. The molecule has 3 heterocycles. The number of hydrogen-bond donors (Lipinski definition) is 3. The Morgan fingerprint density at radius 1 is 1.24 bits per heavy atom. The first-order valence-electron chi connectivity index (χ1n) is 10.8. The molecule has 2 aliphatic rings. The van der Waals surface area contributed by atoms with E-state index < -0.39 is 6.10 Å². The van der Waals surface area contributed by atoms with Gasteiger partial charge in [-0.05, 0) is 43.7 Å². The number of hydrogen-bond acceptors (Lipinski definition) is 6. The number of carbonyl (C=O) groups is 2. The second-order valence-electron chi connectivity index (χ2n) is 8.53. The lowest BCUT2D eigenvalue weighted by Crippen LogP contribution is -2.49. The van der Waals surface area contributed by atoms with E-state index in [0.29, 0.717) is 37.2 Å². The van der Waals surface area contributed by atoms with Crippen molar-refractivity contribution < 1.29 is 28.6 Å². The number of amides is 1. The first kappa shape index (κ1) is 22.7. The van der Waals surface area contributed by atoms with Crippen molar-refractivity contribution in [3.05, 3.63) is 59.9 Å². The smallest absolute Gasteiger partial charge is 0.290 e. The minimum atomic E-state index is -0.637. The van der Waals surface area contributed by atoms with Gasteiger partial charge in [0.2, 0.25) is 0 Å². The van der Waals surface area contributed by atoms with Crippen LogP contribution in [0.5, 0.6) is 0 Å². The molecule has 3 N–H and O–H groups in total. The normalized spacial score (nSPS) is 24.0. The molecule has 2 fully saturated rings. The van der Waals surface area contributed by atoms with Gasteiger partial charge >= 0.3 is 0 Å². The Morgan fingerprint density at radius 3 is 2.64 bits per heavy atom. The van der Waals surface area contributed by atoms with Crippen LogP contribution < -0.4 is 10.2 Å². The van der Waals surface area contributed by atoms with Gasteiger partial charge in [-0.25, -0.2) is 4.39 Å². The van der Waals surface area contributed by atoms with Crippen LogP contribution >= 0.6 is 0 Å². The van der Waals surface area contributed by atoms with Crippen molar-refractivity contribution in [1.29, 1.82) is 0 Å². The summed E-state index contributed by atoms with van der Waals surface area (Å²) in [5, 5.41) is 21.5. The number of rotatable bonds is 3. The summed E-state index contributed by atoms with van der Waals surface area (Å²) >= 11 is 0. The van der Waals surface area contributed by atoms with E-state index in [1.165, 1.54) is 6.20 Å². The first-order chi connectivity index (χ1) is 15.9. The summed E-state index contributed by atoms with van der Waals surface area (Å²) in [6.07, 6.45) is 3.42. The average molecular weight is 455 g/mol. The summed E-state index contributed by atoms with van der Waals surface area (Å²) < 4.78 is 19.9. The number of carbonyl (C=O) groups excluding carboxylic acids is 1. The summed E-state index contributed by atoms with van der Waals surface area (Å²) in [4.78, 5) is 27.1. The van der Waals surface area contributed by atoms with Crippen LogP contribution in [0.2, 0.25) is 0 Å². The van der Waals surface area contributed by atoms with Crippen molar-refractivity contribution in [2.24, 2.45) is 11.8 Å². The Labute approximate surface area is 190 Å². The van der Waals surface area contributed by atoms with Crippen LogP contribution in [0, 0.1) is 24.6 Å². The van der Waals surface area contributed by atoms with Crippen LogP contribution in [0.4, 0.5) is 10.1 Å². The van der Waals surface area contributed by atoms with E-state index in [4.69, 9.17) is 14.3 Å². The SMILES string of the molecule is Cc1c(C(=O)N[C@H]2C[C@H]3CN(c4ccncc4F)C[C@H]3C[C@@H]2O)oc2ccccc12.O=CO. The van der Waals surface area contributed by atoms with Crippen molar-refractivity contribution in [2.75, 3.05) is 18.0 Å². The second-order valence-corrected chi connectivity index (χ2v) is 8.53. The predicted molar refractivity (Wildman–Crippen MR) is 120 cm³/mol. The van der Waals surface area contributed by atoms with E-state index in [9.17, 15) is 14.3 Å². The molecule has 0 unspecified atom stereocenters. The van der Waals surface area contributed by atoms with E-state index in [2.05, 4.69) is 10.3 Å². The number of anilines is 1. The fourth-order valence-electron chi connectivity index (χ4n) is 5.03. The third kappa shape index (κ3) is 4.54. The van der Waals surface area contributed by atoms with Gasteiger partial charge in [0.25, 0.3) is 12.4 Å². The monoisotopic (exact) mass is 455 g/mol. The van der Waals surface area contributed by atoms with Crippen LogP contribution in [0.15, 0.2) is 47.1 Å². The fourth-order valence-corrected chi connectivity index (χ4v) is 5.03. The highest BCUT2D eigenvalue weighted by molar-refractivity contribution is 5.99. The lowest BCUT2D eigenvalue weighted by Gasteiger charge is -2.35. The summed E-state index contributed by atoms with van der Waals surface area (Å²) in [5.74, 6) is 0.206. The van der Waals surface area contributed by atoms with Gasteiger partial charge in [-0.2, -0.15) is 0 Å². The Morgan fingerprint density at radius 2 is 1.94 bits per heavy atom. The molecule has 9 heteroatoms. The minimum Gasteiger partial charge on any atom is -0.483 e. The van der Waals surface area contributed by atoms with Gasteiger partial charge in [-0.1, -0.05) is 18.2 Å². The first-order valence-corrected chi connectivity index (χ1v) is 10.8. The van der Waals surface area contributed by atoms with Crippen molar-refractivity contribution in [3.63, 3.8) is 0 Å². The number of aliphatic hydroxyl groups excluding tert-OH is 1. The summed E-state index contributed by atoms with van der Waals surface area (Å²) in [5.41, 5.74) is 2.02. The molecule has 1 saturated carbocycles. The molecule has 33 heavy (non-hydrogen) atoms. The number of nitrogens with zero attached hydrogens (tertiary/aromatic N) is 2. The predicted octanol–water partition coefficient (Wildman–Crippen LogP) is 2.98. The number of aromatic nitrogens is 1. The highest BCUT2D eigenvalue weighted by atomic mass is 19.1. The van der Waals surface area contributed by atoms with Crippen LogP contribution in [-0.2, 0) is 4.79 Å². The summed E-state index contributed by atoms with van der Waals surface area (Å²) in [6.45, 7) is 3.02. The molecule has 1 saturated heterocycles. The van der Waals surface area contributed by atoms with Gasteiger partial charge in [0.05, 0.1) is 24.0 Å². The average Bonchev–Trinajstić information content (AvgIpc) is 3.35. The topological polar surface area (TPSA) is 116 Å². The number of aliphatic hydroxyl groups is 1. The van der Waals surface area contributed by atoms with Crippen LogP contribution in [0.3, 0.4) is 0 Å². The zero-order valence-electron chi connectivity index (χ0n) is 18.1. The molecule has 0 spiro atoms. The third-order valence-corrected chi connectivity index (χ3v) is 6.60. The molecule has 5 rings (SSSR count). The number of halogens is 1. The Kier molecular flexibility index (Phi) is 6.60.